The molecule has 6 unspecified atom stereocenters. The van der Waals surface area contributed by atoms with Crippen LogP contribution in [-0.2, 0) is 77.0 Å². The van der Waals surface area contributed by atoms with Crippen LogP contribution in [0, 0.1) is 41.9 Å². The normalized spacial score (nSPS) is 38.0. The molecule has 2 nitrogen and oxygen atoms in total. The maximum Gasteiger partial charge on any atom is 0 e. The fraction of sp³-hybridized carbons (Fsp3) is 0.880. The maximum absolute atomic E-state index is 6.64. The van der Waals surface area contributed by atoms with Crippen molar-refractivity contribution in [3.63, 3.8) is 0 Å². The monoisotopic (exact) mass is 841 g/mol. The molecule has 0 aromatic rings. The molecule has 0 spiro atoms. The second-order valence-electron chi connectivity index (χ2n) is 12.6. The molecule has 11 atom stereocenters. The standard InChI is InChI=1S/C25H50BO2P4.V.W.Y/c1-19-11-24(22(4)21(19)3)15-28-32(9,10)18-30(6)16-29(5)17-31(7,8)27-14-23-13-25(26)12-20(23)2;;;/h12,19-25H,7,9,11,13-18H2,1-6,8,10H3;;;/q-1;;;/t19-,20?,21-,22?,23-,24-,25+,29?,30?,31?,32?;;;/m1.../s1. The van der Waals surface area contributed by atoms with Gasteiger partial charge in [-0.1, -0.05) is 0 Å². The summed E-state index contributed by atoms with van der Waals surface area (Å²) in [7, 11) is 2.92. The van der Waals surface area contributed by atoms with Crippen molar-refractivity contribution in [2.24, 2.45) is 35.5 Å². The van der Waals surface area contributed by atoms with Crippen LogP contribution >= 0.6 is 24.4 Å². The van der Waals surface area contributed by atoms with E-state index in [1.165, 1.54) is 24.1 Å². The third-order valence-corrected chi connectivity index (χ3v) is 35.0. The molecule has 0 bridgehead atoms. The molecule has 200 valence electrons. The van der Waals surface area contributed by atoms with Gasteiger partial charge in [-0.2, -0.15) is 0 Å². The van der Waals surface area contributed by atoms with E-state index in [1.54, 1.807) is 18.8 Å². The van der Waals surface area contributed by atoms with Crippen LogP contribution in [0.1, 0.15) is 40.5 Å². The molecule has 0 aliphatic heterocycles. The Morgan fingerprint density at radius 3 is 1.86 bits per heavy atom. The van der Waals surface area contributed by atoms with Gasteiger partial charge >= 0.3 is 235 Å². The second kappa shape index (κ2) is 14.8. The summed E-state index contributed by atoms with van der Waals surface area (Å²) in [4.78, 5) is -1.05. The van der Waals surface area contributed by atoms with Gasteiger partial charge in [0.25, 0.3) is 0 Å². The third kappa shape index (κ3) is 12.7. The van der Waals surface area contributed by atoms with E-state index in [2.05, 4.69) is 89.8 Å². The number of hydrogen-bond acceptors (Lipinski definition) is 2. The topological polar surface area (TPSA) is 18.5 Å². The van der Waals surface area contributed by atoms with E-state index < -0.39 is 24.4 Å². The van der Waals surface area contributed by atoms with Crippen molar-refractivity contribution in [1.29, 1.82) is 0 Å². The van der Waals surface area contributed by atoms with Crippen molar-refractivity contribution in [3.05, 3.63) is 6.42 Å². The van der Waals surface area contributed by atoms with E-state index in [0.29, 0.717) is 17.8 Å². The first-order valence-electron chi connectivity index (χ1n) is 12.7. The van der Waals surface area contributed by atoms with Crippen LogP contribution in [-0.4, -0.2) is 78.0 Å². The Bertz CT molecular complexity index is 903. The minimum absolute atomic E-state index is 0. The quantitative estimate of drug-likeness (QED) is 0.113. The SMILES string of the molecule is [B][C@H]1[CH-]C(C)[C@@H](COP(=C)(C)C[P](C)(=[W])C[P](C)(=[V])CP(=C)(C)OC[C@H]2C[C@@H](C)[C@@H](C)C2C)C1.[Y]. The Balaban J connectivity index is 0.00000612. The van der Waals surface area contributed by atoms with Crippen LogP contribution in [0.3, 0.4) is 0 Å². The van der Waals surface area contributed by atoms with Crippen molar-refractivity contribution in [2.75, 3.05) is 57.6 Å². The molecular formula is C25H50BO2P4VWY-. The zero-order valence-corrected chi connectivity index (χ0v) is 34.3. The molecule has 2 aliphatic carbocycles. The summed E-state index contributed by atoms with van der Waals surface area (Å²) in [6, 6.07) is 0. The maximum atomic E-state index is 6.64. The Labute approximate surface area is 265 Å². The summed E-state index contributed by atoms with van der Waals surface area (Å²) < 4.78 is 13.2. The predicted octanol–water partition coefficient (Wildman–Crippen LogP) is 7.84. The van der Waals surface area contributed by atoms with Gasteiger partial charge in [-0.25, -0.2) is 0 Å². The average molecular weight is 841 g/mol. The summed E-state index contributed by atoms with van der Waals surface area (Å²) >= 11 is 4.89. The fourth-order valence-electron chi connectivity index (χ4n) is 6.13. The van der Waals surface area contributed by atoms with Gasteiger partial charge in [0.2, 0.25) is 0 Å². The minimum atomic E-state index is -1.61. The molecule has 2 saturated carbocycles. The summed E-state index contributed by atoms with van der Waals surface area (Å²) in [6.07, 6.45) is 13.9. The van der Waals surface area contributed by atoms with Gasteiger partial charge in [0.15, 0.2) is 0 Å². The number of hydrogen-bond donors (Lipinski definition) is 0. The molecule has 0 heterocycles. The predicted molar refractivity (Wildman–Crippen MR) is 159 cm³/mol. The van der Waals surface area contributed by atoms with Gasteiger partial charge < -0.3 is 0 Å². The van der Waals surface area contributed by atoms with E-state index in [9.17, 15) is 0 Å². The molecule has 0 N–H and O–H groups in total. The van der Waals surface area contributed by atoms with Crippen LogP contribution in [0.25, 0.3) is 0 Å². The van der Waals surface area contributed by atoms with Crippen molar-refractivity contribution in [2.45, 2.75) is 46.4 Å². The molecule has 0 aromatic heterocycles. The first-order chi connectivity index (χ1) is 15.3. The van der Waals surface area contributed by atoms with E-state index in [-0.39, 0.29) is 38.5 Å². The van der Waals surface area contributed by atoms with E-state index in [0.717, 1.165) is 37.4 Å². The van der Waals surface area contributed by atoms with Gasteiger partial charge in [0.05, 0.1) is 0 Å². The van der Waals surface area contributed by atoms with Gasteiger partial charge in [0, 0.05) is 32.7 Å². The van der Waals surface area contributed by atoms with E-state index in [4.69, 9.17) is 16.9 Å². The Morgan fingerprint density at radius 2 is 1.40 bits per heavy atom. The Kier molecular flexibility index (Phi) is 15.6. The zero-order valence-electron chi connectivity index (χ0n) is 23.6. The molecule has 2 rings (SSSR count). The minimum Gasteiger partial charge on any atom is 0 e. The molecule has 35 heavy (non-hydrogen) atoms. The molecule has 3 radical (unpaired) electrons. The van der Waals surface area contributed by atoms with Gasteiger partial charge in [0.1, 0.15) is 0 Å². The largest absolute Gasteiger partial charge is 0 e. The first kappa shape index (κ1) is 36.8. The zero-order chi connectivity index (χ0) is 26.1. The van der Waals surface area contributed by atoms with E-state index in [1.807, 2.05) is 0 Å². The van der Waals surface area contributed by atoms with Crippen molar-refractivity contribution in [1.82, 2.24) is 0 Å². The summed E-state index contributed by atoms with van der Waals surface area (Å²) in [5.74, 6) is 8.23. The second-order valence-corrected chi connectivity index (χ2v) is 41.0. The third-order valence-electron chi connectivity index (χ3n) is 8.02. The fourth-order valence-corrected chi connectivity index (χ4v) is 54.3. The van der Waals surface area contributed by atoms with Crippen LogP contribution in [0.4, 0.5) is 0 Å². The molecule has 0 aromatic carbocycles. The van der Waals surface area contributed by atoms with Crippen LogP contribution in [0.5, 0.6) is 0 Å². The summed E-state index contributed by atoms with van der Waals surface area (Å²) in [6.45, 7) is 21.0. The molecule has 2 fully saturated rings. The van der Waals surface area contributed by atoms with Crippen molar-refractivity contribution < 1.29 is 77.0 Å². The van der Waals surface area contributed by atoms with Crippen LogP contribution in [0.15, 0.2) is 0 Å². The van der Waals surface area contributed by atoms with Crippen LogP contribution in [0.2, 0.25) is 5.82 Å². The average Bonchev–Trinajstić information content (AvgIpc) is 3.07. The summed E-state index contributed by atoms with van der Waals surface area (Å²) in [5.41, 5.74) is 0. The molecule has 0 saturated heterocycles. The molecular weight excluding hydrogens is 791 g/mol. The Morgan fingerprint density at radius 1 is 0.886 bits per heavy atom. The van der Waals surface area contributed by atoms with Crippen LogP contribution < -0.4 is 0 Å². The van der Waals surface area contributed by atoms with Crippen molar-refractivity contribution >= 4 is 44.9 Å². The number of rotatable bonds is 12. The molecule has 2 aliphatic rings. The smallest absolute Gasteiger partial charge is 0 e. The summed E-state index contributed by atoms with van der Waals surface area (Å²) in [5, 5.41) is -1.15. The molecule has 0 amide bonds. The van der Waals surface area contributed by atoms with E-state index >= 15 is 0 Å². The molecule has 10 heteroatoms. The first-order valence-corrected chi connectivity index (χ1v) is 28.7. The van der Waals surface area contributed by atoms with Gasteiger partial charge in [-0.15, -0.1) is 0 Å². The van der Waals surface area contributed by atoms with Gasteiger partial charge in [-0.3, -0.25) is 0 Å². The van der Waals surface area contributed by atoms with Gasteiger partial charge in [-0.05, 0) is 0 Å². The van der Waals surface area contributed by atoms with Crippen molar-refractivity contribution in [3.8, 4) is 0 Å². The Hall–Kier alpha value is 3.82.